The second kappa shape index (κ2) is 5.73. The van der Waals surface area contributed by atoms with E-state index in [1.165, 1.54) is 0 Å². The van der Waals surface area contributed by atoms with Crippen LogP contribution in [0.25, 0.3) is 0 Å². The van der Waals surface area contributed by atoms with E-state index in [1.807, 2.05) is 24.3 Å². The molecule has 0 fully saturated rings. The Morgan fingerprint density at radius 3 is 2.57 bits per heavy atom. The van der Waals surface area contributed by atoms with Crippen LogP contribution >= 0.6 is 0 Å². The molecular weight excluding hydrogens is 170 g/mol. The van der Waals surface area contributed by atoms with Crippen LogP contribution < -0.4 is 5.32 Å². The second-order valence-corrected chi connectivity index (χ2v) is 2.83. The van der Waals surface area contributed by atoms with Crippen LogP contribution in [-0.4, -0.2) is 0 Å². The Morgan fingerprint density at radius 2 is 1.93 bits per heavy atom. The molecular formula is C13H12N. The molecule has 14 heavy (non-hydrogen) atoms. The van der Waals surface area contributed by atoms with Gasteiger partial charge in [0.1, 0.15) is 0 Å². The average molecular weight is 182 g/mol. The van der Waals surface area contributed by atoms with Gasteiger partial charge < -0.3 is 5.32 Å². The quantitative estimate of drug-likeness (QED) is 0.421. The van der Waals surface area contributed by atoms with Crippen molar-refractivity contribution in [2.75, 3.05) is 5.32 Å². The Bertz CT molecular complexity index is 370. The number of nitrogens with one attached hydrogen (secondary N) is 1. The van der Waals surface area contributed by atoms with Crippen molar-refractivity contribution in [3.8, 4) is 24.3 Å². The third-order valence-corrected chi connectivity index (χ3v) is 1.64. The van der Waals surface area contributed by atoms with Crippen molar-refractivity contribution in [2.24, 2.45) is 0 Å². The molecule has 1 nitrogen and oxygen atoms in total. The Morgan fingerprint density at radius 1 is 1.21 bits per heavy atom. The summed E-state index contributed by atoms with van der Waals surface area (Å²) in [6.07, 6.45) is 6.53. The van der Waals surface area contributed by atoms with Crippen molar-refractivity contribution in [2.45, 2.75) is 12.8 Å². The summed E-state index contributed by atoms with van der Waals surface area (Å²) in [4.78, 5) is 0. The van der Waals surface area contributed by atoms with Crippen LogP contribution in [0.3, 0.4) is 0 Å². The van der Waals surface area contributed by atoms with E-state index >= 15 is 0 Å². The summed E-state index contributed by atoms with van der Waals surface area (Å²) in [6, 6.07) is 10.6. The summed E-state index contributed by atoms with van der Waals surface area (Å²) in [5.74, 6) is 5.47. The predicted octanol–water partition coefficient (Wildman–Crippen LogP) is 2.65. The average Bonchev–Trinajstić information content (AvgIpc) is 2.21. The lowest BCUT2D eigenvalue weighted by atomic mass is 10.2. The van der Waals surface area contributed by atoms with E-state index < -0.39 is 0 Å². The molecule has 1 aromatic carbocycles. The van der Waals surface area contributed by atoms with Crippen molar-refractivity contribution in [3.63, 3.8) is 0 Å². The second-order valence-electron chi connectivity index (χ2n) is 2.83. The molecule has 1 N–H and O–H groups in total. The molecule has 0 spiro atoms. The summed E-state index contributed by atoms with van der Waals surface area (Å²) in [5.41, 5.74) is 1.97. The zero-order valence-corrected chi connectivity index (χ0v) is 8.01. The molecule has 0 amide bonds. The van der Waals surface area contributed by atoms with Crippen LogP contribution in [0.1, 0.15) is 18.4 Å². The van der Waals surface area contributed by atoms with E-state index in [0.717, 1.165) is 17.7 Å². The van der Waals surface area contributed by atoms with E-state index in [-0.39, 0.29) is 0 Å². The number of hydrogen-bond acceptors (Lipinski definition) is 1. The highest BCUT2D eigenvalue weighted by Crippen LogP contribution is 2.07. The third-order valence-electron chi connectivity index (χ3n) is 1.64. The first-order valence-corrected chi connectivity index (χ1v) is 4.42. The van der Waals surface area contributed by atoms with Gasteiger partial charge in [0, 0.05) is 24.6 Å². The lowest BCUT2D eigenvalue weighted by molar-refractivity contribution is 1.12. The van der Waals surface area contributed by atoms with E-state index in [2.05, 4.69) is 30.1 Å². The Balaban J connectivity index is 2.41. The van der Waals surface area contributed by atoms with Crippen molar-refractivity contribution < 1.29 is 0 Å². The smallest absolute Gasteiger partial charge is 0.0459 e. The minimum atomic E-state index is 0.701. The molecule has 0 bridgehead atoms. The Hall–Kier alpha value is -1.86. The standard InChI is InChI=1S/C13H12N/c1-3-4-5-6-11-14-13-9-7-12(2)8-10-13/h1,7-10,14H,2,4-5H2. The molecule has 0 aromatic heterocycles. The summed E-state index contributed by atoms with van der Waals surface area (Å²) >= 11 is 0. The molecule has 0 saturated carbocycles. The molecule has 0 atom stereocenters. The van der Waals surface area contributed by atoms with Crippen LogP contribution in [0.2, 0.25) is 0 Å². The van der Waals surface area contributed by atoms with Crippen LogP contribution in [0, 0.1) is 31.2 Å². The summed E-state index contributed by atoms with van der Waals surface area (Å²) in [7, 11) is 0. The zero-order chi connectivity index (χ0) is 10.2. The van der Waals surface area contributed by atoms with E-state index in [1.54, 1.807) is 0 Å². The molecule has 0 aliphatic heterocycles. The fraction of sp³-hybridized carbons (Fsp3) is 0.154. The molecule has 1 heteroatoms. The van der Waals surface area contributed by atoms with Crippen molar-refractivity contribution >= 4 is 5.69 Å². The Kier molecular flexibility index (Phi) is 4.18. The van der Waals surface area contributed by atoms with Gasteiger partial charge in [0.25, 0.3) is 0 Å². The summed E-state index contributed by atoms with van der Waals surface area (Å²) in [5, 5.41) is 2.97. The number of hydrogen-bond donors (Lipinski definition) is 1. The third kappa shape index (κ3) is 3.70. The zero-order valence-electron chi connectivity index (χ0n) is 8.01. The molecule has 0 heterocycles. The molecule has 69 valence electrons. The number of terminal acetylenes is 1. The van der Waals surface area contributed by atoms with Crippen LogP contribution in [0.4, 0.5) is 5.69 Å². The fourth-order valence-corrected chi connectivity index (χ4v) is 0.902. The minimum Gasteiger partial charge on any atom is -0.315 e. The molecule has 0 aliphatic carbocycles. The largest absolute Gasteiger partial charge is 0.315 e. The van der Waals surface area contributed by atoms with Gasteiger partial charge in [0.15, 0.2) is 0 Å². The van der Waals surface area contributed by atoms with Gasteiger partial charge in [-0.05, 0) is 24.6 Å². The van der Waals surface area contributed by atoms with E-state index in [9.17, 15) is 0 Å². The molecule has 1 radical (unpaired) electrons. The SMILES string of the molecule is C#CCCC#CNc1ccc([CH2])cc1. The highest BCUT2D eigenvalue weighted by Gasteiger charge is 1.86. The van der Waals surface area contributed by atoms with Gasteiger partial charge in [-0.2, -0.15) is 0 Å². The lowest BCUT2D eigenvalue weighted by Crippen LogP contribution is -1.87. The monoisotopic (exact) mass is 182 g/mol. The molecule has 0 aliphatic rings. The first-order valence-electron chi connectivity index (χ1n) is 4.42. The number of unbranched alkanes of at least 4 members (excludes halogenated alkanes) is 1. The van der Waals surface area contributed by atoms with Gasteiger partial charge in [-0.25, -0.2) is 0 Å². The van der Waals surface area contributed by atoms with Crippen molar-refractivity contribution in [3.05, 3.63) is 36.8 Å². The van der Waals surface area contributed by atoms with Crippen molar-refractivity contribution in [1.29, 1.82) is 0 Å². The van der Waals surface area contributed by atoms with E-state index in [4.69, 9.17) is 6.42 Å². The van der Waals surface area contributed by atoms with Gasteiger partial charge in [0.05, 0.1) is 0 Å². The molecule has 0 unspecified atom stereocenters. The first kappa shape index (κ1) is 10.2. The Labute approximate surface area is 85.5 Å². The van der Waals surface area contributed by atoms with Gasteiger partial charge in [-0.15, -0.1) is 12.3 Å². The maximum Gasteiger partial charge on any atom is 0.0459 e. The number of anilines is 1. The summed E-state index contributed by atoms with van der Waals surface area (Å²) in [6.45, 7) is 3.80. The van der Waals surface area contributed by atoms with Crippen LogP contribution in [0.15, 0.2) is 24.3 Å². The first-order chi connectivity index (χ1) is 6.83. The van der Waals surface area contributed by atoms with Crippen molar-refractivity contribution in [1.82, 2.24) is 0 Å². The van der Waals surface area contributed by atoms with Gasteiger partial charge in [0.2, 0.25) is 0 Å². The van der Waals surface area contributed by atoms with Gasteiger partial charge >= 0.3 is 0 Å². The fourth-order valence-electron chi connectivity index (χ4n) is 0.902. The minimum absolute atomic E-state index is 0.701. The van der Waals surface area contributed by atoms with Crippen LogP contribution in [-0.2, 0) is 0 Å². The molecule has 1 aromatic rings. The summed E-state index contributed by atoms with van der Waals surface area (Å²) < 4.78 is 0. The maximum absolute atomic E-state index is 5.09. The number of benzene rings is 1. The maximum atomic E-state index is 5.09. The van der Waals surface area contributed by atoms with E-state index in [0.29, 0.717) is 6.42 Å². The molecule has 1 rings (SSSR count). The van der Waals surface area contributed by atoms with Gasteiger partial charge in [-0.3, -0.25) is 0 Å². The predicted molar refractivity (Wildman–Crippen MR) is 60.4 cm³/mol. The van der Waals surface area contributed by atoms with Crippen LogP contribution in [0.5, 0.6) is 0 Å². The highest BCUT2D eigenvalue weighted by atomic mass is 14.8. The van der Waals surface area contributed by atoms with Gasteiger partial charge in [-0.1, -0.05) is 18.1 Å². The normalized spacial score (nSPS) is 8.29. The lowest BCUT2D eigenvalue weighted by Gasteiger charge is -1.97. The number of rotatable bonds is 2. The topological polar surface area (TPSA) is 12.0 Å². The highest BCUT2D eigenvalue weighted by molar-refractivity contribution is 5.49. The molecule has 0 saturated heterocycles.